The number of ether oxygens (including phenoxy) is 1. The maximum atomic E-state index is 13.8. The predicted molar refractivity (Wildman–Crippen MR) is 185 cm³/mol. The highest BCUT2D eigenvalue weighted by Crippen LogP contribution is 2.28. The van der Waals surface area contributed by atoms with Crippen LogP contribution in [0.1, 0.15) is 48.7 Å². The summed E-state index contributed by atoms with van der Waals surface area (Å²) in [7, 11) is -4.20. The predicted octanol–water partition coefficient (Wildman–Crippen LogP) is 4.96. The van der Waals surface area contributed by atoms with Gasteiger partial charge in [-0.2, -0.15) is 9.82 Å². The van der Waals surface area contributed by atoms with Crippen molar-refractivity contribution in [3.05, 3.63) is 95.9 Å². The molecule has 13 heteroatoms. The number of hydrogen-bond donors (Lipinski definition) is 4. The van der Waals surface area contributed by atoms with Crippen molar-refractivity contribution in [2.75, 3.05) is 18.4 Å². The molecule has 5 rings (SSSR count). The van der Waals surface area contributed by atoms with Gasteiger partial charge in [-0.3, -0.25) is 14.3 Å². The molecule has 0 saturated carbocycles. The minimum Gasteiger partial charge on any atom is -0.459 e. The number of nitrogens with one attached hydrogen (secondary N) is 4. The molecule has 2 aromatic heterocycles. The Balaban J connectivity index is 1.28. The van der Waals surface area contributed by atoms with Crippen LogP contribution in [0, 0.1) is 13.8 Å². The van der Waals surface area contributed by atoms with Crippen LogP contribution in [-0.4, -0.2) is 64.8 Å². The number of aryl methyl sites for hydroxylation is 3. The third kappa shape index (κ3) is 8.47. The molecule has 12 nitrogen and oxygen atoms in total. The first-order valence-electron chi connectivity index (χ1n) is 15.7. The lowest BCUT2D eigenvalue weighted by molar-refractivity contribution is -0.156. The quantitative estimate of drug-likeness (QED) is 0.101. The van der Waals surface area contributed by atoms with Crippen molar-refractivity contribution in [1.29, 1.82) is 0 Å². The summed E-state index contributed by atoms with van der Waals surface area (Å²) in [6.45, 7) is 9.55. The van der Waals surface area contributed by atoms with Gasteiger partial charge in [0.15, 0.2) is 5.95 Å². The van der Waals surface area contributed by atoms with Crippen LogP contribution < -0.4 is 15.4 Å². The Kier molecular flexibility index (Phi) is 10.3. The number of rotatable bonds is 13. The van der Waals surface area contributed by atoms with Gasteiger partial charge in [-0.25, -0.2) is 13.4 Å². The second kappa shape index (κ2) is 14.4. The van der Waals surface area contributed by atoms with Gasteiger partial charge in [-0.1, -0.05) is 42.5 Å². The molecule has 0 spiro atoms. The van der Waals surface area contributed by atoms with E-state index >= 15 is 0 Å². The first kappa shape index (κ1) is 34.3. The molecule has 48 heavy (non-hydrogen) atoms. The highest BCUT2D eigenvalue weighted by Gasteiger charge is 2.32. The fourth-order valence-electron chi connectivity index (χ4n) is 5.46. The average molecular weight is 672 g/mol. The first-order chi connectivity index (χ1) is 22.8. The van der Waals surface area contributed by atoms with Crippen LogP contribution in [0.25, 0.3) is 22.0 Å². The molecular formula is C35H41N7O5S. The summed E-state index contributed by atoms with van der Waals surface area (Å²) in [5.74, 6) is -0.569. The summed E-state index contributed by atoms with van der Waals surface area (Å²) >= 11 is 0. The molecule has 5 aromatic rings. The minimum absolute atomic E-state index is 0.0706. The molecule has 1 atom stereocenters. The molecule has 0 fully saturated rings. The number of nitrogens with zero attached hydrogens (tertiary/aromatic N) is 3. The number of carbonyl (C=O) groups excluding carboxylic acids is 2. The molecule has 0 saturated heterocycles. The van der Waals surface area contributed by atoms with Crippen LogP contribution in [0.4, 0.5) is 5.95 Å². The van der Waals surface area contributed by atoms with Gasteiger partial charge in [-0.05, 0) is 81.5 Å². The van der Waals surface area contributed by atoms with Crippen molar-refractivity contribution >= 4 is 38.8 Å². The summed E-state index contributed by atoms with van der Waals surface area (Å²) < 4.78 is 37.5. The lowest BCUT2D eigenvalue weighted by atomic mass is 10.0. The number of anilines is 1. The first-order valence-corrected chi connectivity index (χ1v) is 17.2. The summed E-state index contributed by atoms with van der Waals surface area (Å²) in [6, 6.07) is 17.1. The number of H-pyrrole nitrogens is 1. The third-order valence-electron chi connectivity index (χ3n) is 7.53. The van der Waals surface area contributed by atoms with Crippen LogP contribution in [0.5, 0.6) is 0 Å². The summed E-state index contributed by atoms with van der Waals surface area (Å²) in [4.78, 5) is 33.7. The SMILES string of the molecule is Cc1cc(-c2ccccc2)cc(C)c1S(=O)(=O)N[C@@H](CNC(=O)c1ccc2c(cnn2CCCNc2ncc[nH]2)c1)C(=O)OC(C)(C)C. The topological polar surface area (TPSA) is 160 Å². The molecule has 0 aliphatic carbocycles. The summed E-state index contributed by atoms with van der Waals surface area (Å²) in [5.41, 5.74) is 3.22. The van der Waals surface area contributed by atoms with E-state index in [1.54, 1.807) is 77.5 Å². The van der Waals surface area contributed by atoms with Gasteiger partial charge < -0.3 is 20.4 Å². The number of esters is 1. The lowest BCUT2D eigenvalue weighted by Gasteiger charge is -2.25. The maximum Gasteiger partial charge on any atom is 0.326 e. The van der Waals surface area contributed by atoms with E-state index in [4.69, 9.17) is 4.74 Å². The molecule has 4 N–H and O–H groups in total. The molecule has 0 unspecified atom stereocenters. The number of hydrogen-bond acceptors (Lipinski definition) is 8. The standard InChI is InChI=1S/C35H41N7O5S/c1-23-18-27(25-10-7-6-8-11-25)19-24(2)31(23)48(45,46)41-29(33(44)47-35(3,4)5)22-39-32(43)26-12-13-30-28(20-26)21-40-42(30)17-9-14-36-34-37-15-16-38-34/h6-8,10-13,15-16,18-21,29,41H,9,14,17,22H2,1-5H3,(H,39,43)(H2,36,37,38)/t29-/m0/s1. The maximum absolute atomic E-state index is 13.8. The van der Waals surface area contributed by atoms with Gasteiger partial charge in [-0.15, -0.1) is 0 Å². The van der Waals surface area contributed by atoms with Gasteiger partial charge in [0.05, 0.1) is 16.6 Å². The Morgan fingerprint density at radius 1 is 1.00 bits per heavy atom. The zero-order valence-corrected chi connectivity index (χ0v) is 28.5. The number of carbonyl (C=O) groups is 2. The van der Waals surface area contributed by atoms with Crippen LogP contribution in [0.15, 0.2) is 84.1 Å². The van der Waals surface area contributed by atoms with Gasteiger partial charge in [0.25, 0.3) is 5.91 Å². The second-order valence-electron chi connectivity index (χ2n) is 12.6. The molecule has 0 radical (unpaired) electrons. The van der Waals surface area contributed by atoms with Crippen LogP contribution in [-0.2, 0) is 26.1 Å². The highest BCUT2D eigenvalue weighted by atomic mass is 32.2. The smallest absolute Gasteiger partial charge is 0.326 e. The molecule has 0 aliphatic rings. The normalized spacial score (nSPS) is 12.5. The molecular weight excluding hydrogens is 630 g/mol. The molecule has 1 amide bonds. The average Bonchev–Trinajstić information content (AvgIpc) is 3.70. The molecule has 0 aliphatic heterocycles. The minimum atomic E-state index is -4.20. The van der Waals surface area contributed by atoms with Gasteiger partial charge in [0.2, 0.25) is 10.0 Å². The van der Waals surface area contributed by atoms with E-state index in [0.29, 0.717) is 35.7 Å². The van der Waals surface area contributed by atoms with E-state index in [1.807, 2.05) is 41.1 Å². The van der Waals surface area contributed by atoms with Crippen molar-refractivity contribution in [2.24, 2.45) is 0 Å². The van der Waals surface area contributed by atoms with Crippen LogP contribution in [0.3, 0.4) is 0 Å². The number of fused-ring (bicyclic) bond motifs is 1. The van der Waals surface area contributed by atoms with E-state index in [1.165, 1.54) is 0 Å². The number of imidazole rings is 1. The number of benzene rings is 3. The molecule has 3 aromatic carbocycles. The van der Waals surface area contributed by atoms with Gasteiger partial charge >= 0.3 is 5.97 Å². The lowest BCUT2D eigenvalue weighted by Crippen LogP contribution is -2.50. The second-order valence-corrected chi connectivity index (χ2v) is 14.2. The Bertz CT molecular complexity index is 1980. The van der Waals surface area contributed by atoms with Crippen LogP contribution in [0.2, 0.25) is 0 Å². The number of aromatic amines is 1. The summed E-state index contributed by atoms with van der Waals surface area (Å²) in [5, 5.41) is 11.2. The van der Waals surface area contributed by atoms with E-state index in [-0.39, 0.29) is 11.4 Å². The van der Waals surface area contributed by atoms with Gasteiger partial charge in [0, 0.05) is 43.0 Å². The van der Waals surface area contributed by atoms with Crippen molar-refractivity contribution < 1.29 is 22.7 Å². The molecule has 252 valence electrons. The van der Waals surface area contributed by atoms with Crippen molar-refractivity contribution in [3.8, 4) is 11.1 Å². The Hall–Kier alpha value is -5.01. The molecule has 0 bridgehead atoms. The monoisotopic (exact) mass is 671 g/mol. The van der Waals surface area contributed by atoms with E-state index in [2.05, 4.69) is 30.4 Å². The van der Waals surface area contributed by atoms with Crippen molar-refractivity contribution in [3.63, 3.8) is 0 Å². The fourth-order valence-corrected chi connectivity index (χ4v) is 7.10. The van der Waals surface area contributed by atoms with Gasteiger partial charge in [0.1, 0.15) is 11.6 Å². The number of amides is 1. The van der Waals surface area contributed by atoms with E-state index < -0.39 is 33.5 Å². The van der Waals surface area contributed by atoms with Crippen LogP contribution >= 0.6 is 0 Å². The Morgan fingerprint density at radius 3 is 2.40 bits per heavy atom. The number of sulfonamides is 1. The van der Waals surface area contributed by atoms with Crippen molar-refractivity contribution in [2.45, 2.75) is 64.1 Å². The van der Waals surface area contributed by atoms with Crippen molar-refractivity contribution in [1.82, 2.24) is 29.8 Å². The zero-order chi connectivity index (χ0) is 34.5. The largest absolute Gasteiger partial charge is 0.459 e. The summed E-state index contributed by atoms with van der Waals surface area (Å²) in [6.07, 6.45) is 5.93. The Morgan fingerprint density at radius 2 is 1.73 bits per heavy atom. The molecule has 2 heterocycles. The number of aromatic nitrogens is 4. The Labute approximate surface area is 280 Å². The zero-order valence-electron chi connectivity index (χ0n) is 27.7. The van der Waals surface area contributed by atoms with E-state index in [9.17, 15) is 18.0 Å². The third-order valence-corrected chi connectivity index (χ3v) is 9.31. The highest BCUT2D eigenvalue weighted by molar-refractivity contribution is 7.89. The fraction of sp³-hybridized carbons (Fsp3) is 0.314. The van der Waals surface area contributed by atoms with E-state index in [0.717, 1.165) is 28.5 Å².